The monoisotopic (exact) mass is 340 g/mol. The number of piperidine rings is 1. The molecule has 126 valence electrons. The van der Waals surface area contributed by atoms with E-state index in [1.165, 1.54) is 28.6 Å². The van der Waals surface area contributed by atoms with Crippen molar-refractivity contribution >= 4 is 21.9 Å². The van der Waals surface area contributed by atoms with Crippen molar-refractivity contribution in [2.24, 2.45) is 5.73 Å². The lowest BCUT2D eigenvalue weighted by Crippen LogP contribution is -2.41. The lowest BCUT2D eigenvalue weighted by Gasteiger charge is -2.32. The van der Waals surface area contributed by atoms with Crippen molar-refractivity contribution in [2.75, 3.05) is 13.2 Å². The van der Waals surface area contributed by atoms with Gasteiger partial charge in [0.15, 0.2) is 6.61 Å². The molecule has 1 atom stereocenters. The second-order valence-electron chi connectivity index (χ2n) is 5.53. The van der Waals surface area contributed by atoms with Crippen LogP contribution in [0.15, 0.2) is 29.2 Å². The summed E-state index contributed by atoms with van der Waals surface area (Å²) in [6, 6.07) is 5.55. The average molecular weight is 340 g/mol. The number of rotatable bonds is 5. The van der Waals surface area contributed by atoms with E-state index in [0.717, 1.165) is 19.3 Å². The number of carbonyl (C=O) groups excluding carboxylic acids is 2. The van der Waals surface area contributed by atoms with Gasteiger partial charge in [0, 0.05) is 12.6 Å². The zero-order valence-electron chi connectivity index (χ0n) is 12.9. The minimum absolute atomic E-state index is 0.0415. The smallest absolute Gasteiger partial charge is 0.338 e. The van der Waals surface area contributed by atoms with E-state index in [9.17, 15) is 18.0 Å². The number of amides is 1. The van der Waals surface area contributed by atoms with Crippen LogP contribution in [0, 0.1) is 0 Å². The van der Waals surface area contributed by atoms with Crippen LogP contribution in [0.25, 0.3) is 0 Å². The van der Waals surface area contributed by atoms with Crippen LogP contribution in [0.5, 0.6) is 0 Å². The van der Waals surface area contributed by atoms with Gasteiger partial charge in [-0.25, -0.2) is 13.2 Å². The lowest BCUT2D eigenvalue weighted by molar-refractivity contribution is -0.121. The van der Waals surface area contributed by atoms with E-state index in [4.69, 9.17) is 10.5 Å². The van der Waals surface area contributed by atoms with E-state index in [0.29, 0.717) is 6.54 Å². The molecule has 1 saturated heterocycles. The Morgan fingerprint density at radius 1 is 1.35 bits per heavy atom. The summed E-state index contributed by atoms with van der Waals surface area (Å²) in [4.78, 5) is 22.5. The number of ether oxygens (including phenoxy) is 1. The molecule has 0 bridgehead atoms. The topological polar surface area (TPSA) is 107 Å². The van der Waals surface area contributed by atoms with Gasteiger partial charge in [-0.15, -0.1) is 0 Å². The van der Waals surface area contributed by atoms with Crippen LogP contribution in [0.1, 0.15) is 36.5 Å². The van der Waals surface area contributed by atoms with Gasteiger partial charge in [-0.05, 0) is 38.0 Å². The molecule has 1 aliphatic rings. The number of hydrogen-bond acceptors (Lipinski definition) is 5. The standard InChI is InChI=1S/C15H20N2O5S/c1-11-5-2-3-8-17(11)23(20,21)13-7-4-6-12(9-13)15(19)22-10-14(16)18/h4,6-7,9,11H,2-3,5,8,10H2,1H3,(H2,16,18)/t11-/m1/s1. The molecular formula is C15H20N2O5S. The fourth-order valence-electron chi connectivity index (χ4n) is 2.57. The highest BCUT2D eigenvalue weighted by Gasteiger charge is 2.31. The summed E-state index contributed by atoms with van der Waals surface area (Å²) in [5, 5.41) is 0. The lowest BCUT2D eigenvalue weighted by atomic mass is 10.1. The van der Waals surface area contributed by atoms with Gasteiger partial charge in [0.1, 0.15) is 0 Å². The summed E-state index contributed by atoms with van der Waals surface area (Å²) in [5.41, 5.74) is 4.98. The van der Waals surface area contributed by atoms with Crippen LogP contribution in [0.4, 0.5) is 0 Å². The van der Waals surface area contributed by atoms with Gasteiger partial charge >= 0.3 is 5.97 Å². The number of carbonyl (C=O) groups is 2. The van der Waals surface area contributed by atoms with Crippen molar-refractivity contribution in [2.45, 2.75) is 37.1 Å². The first-order chi connectivity index (χ1) is 10.8. The van der Waals surface area contributed by atoms with Crippen LogP contribution in [-0.4, -0.2) is 43.8 Å². The molecule has 7 nitrogen and oxygen atoms in total. The molecule has 1 fully saturated rings. The molecule has 0 aliphatic carbocycles. The zero-order chi connectivity index (χ0) is 17.0. The summed E-state index contributed by atoms with van der Waals surface area (Å²) in [5.74, 6) is -1.56. The fourth-order valence-corrected chi connectivity index (χ4v) is 4.31. The molecule has 8 heteroatoms. The van der Waals surface area contributed by atoms with E-state index in [1.54, 1.807) is 0 Å². The molecule has 1 aliphatic heterocycles. The molecule has 1 amide bonds. The van der Waals surface area contributed by atoms with Crippen LogP contribution >= 0.6 is 0 Å². The van der Waals surface area contributed by atoms with E-state index in [-0.39, 0.29) is 16.5 Å². The van der Waals surface area contributed by atoms with E-state index >= 15 is 0 Å². The quantitative estimate of drug-likeness (QED) is 0.801. The van der Waals surface area contributed by atoms with Crippen molar-refractivity contribution in [3.8, 4) is 0 Å². The normalized spacial score (nSPS) is 19.3. The highest BCUT2D eigenvalue weighted by molar-refractivity contribution is 7.89. The molecule has 1 aromatic carbocycles. The number of sulfonamides is 1. The van der Waals surface area contributed by atoms with Gasteiger partial charge in [0.05, 0.1) is 10.5 Å². The Bertz CT molecular complexity index is 702. The number of esters is 1. The summed E-state index contributed by atoms with van der Waals surface area (Å²) < 4.78 is 31.6. The highest BCUT2D eigenvalue weighted by Crippen LogP contribution is 2.25. The Kier molecular flexibility index (Phi) is 5.38. The van der Waals surface area contributed by atoms with Gasteiger partial charge in [-0.1, -0.05) is 12.5 Å². The first-order valence-electron chi connectivity index (χ1n) is 7.39. The molecule has 23 heavy (non-hydrogen) atoms. The highest BCUT2D eigenvalue weighted by atomic mass is 32.2. The van der Waals surface area contributed by atoms with Gasteiger partial charge in [-0.2, -0.15) is 4.31 Å². The van der Waals surface area contributed by atoms with Crippen molar-refractivity contribution in [1.82, 2.24) is 4.31 Å². The number of benzene rings is 1. The average Bonchev–Trinajstić information content (AvgIpc) is 2.53. The summed E-state index contributed by atoms with van der Waals surface area (Å²) in [6.07, 6.45) is 2.65. The third kappa shape index (κ3) is 4.08. The number of hydrogen-bond donors (Lipinski definition) is 1. The Balaban J connectivity index is 2.24. The number of nitrogens with two attached hydrogens (primary N) is 1. The van der Waals surface area contributed by atoms with Crippen molar-refractivity contribution < 1.29 is 22.7 Å². The van der Waals surface area contributed by atoms with Crippen LogP contribution < -0.4 is 5.73 Å². The second kappa shape index (κ2) is 7.10. The van der Waals surface area contributed by atoms with Gasteiger partial charge in [0.25, 0.3) is 5.91 Å². The second-order valence-corrected chi connectivity index (χ2v) is 7.42. The Labute approximate surface area is 135 Å². The van der Waals surface area contributed by atoms with Crippen LogP contribution in [-0.2, 0) is 19.6 Å². The molecule has 0 saturated carbocycles. The van der Waals surface area contributed by atoms with Crippen molar-refractivity contribution in [3.05, 3.63) is 29.8 Å². The summed E-state index contributed by atoms with van der Waals surface area (Å²) in [6.45, 7) is 1.81. The number of primary amides is 1. The molecule has 0 unspecified atom stereocenters. The van der Waals surface area contributed by atoms with Crippen molar-refractivity contribution in [1.29, 1.82) is 0 Å². The molecule has 0 spiro atoms. The van der Waals surface area contributed by atoms with Crippen molar-refractivity contribution in [3.63, 3.8) is 0 Å². The van der Waals surface area contributed by atoms with E-state index < -0.39 is 28.5 Å². The van der Waals surface area contributed by atoms with E-state index in [1.807, 2.05) is 6.92 Å². The Hall–Kier alpha value is -1.93. The molecule has 0 aromatic heterocycles. The molecular weight excluding hydrogens is 320 g/mol. The summed E-state index contributed by atoms with van der Waals surface area (Å²) >= 11 is 0. The maximum absolute atomic E-state index is 12.7. The Morgan fingerprint density at radius 3 is 2.74 bits per heavy atom. The minimum atomic E-state index is -3.66. The maximum Gasteiger partial charge on any atom is 0.338 e. The predicted molar refractivity (Wildman–Crippen MR) is 83.1 cm³/mol. The Morgan fingerprint density at radius 2 is 2.09 bits per heavy atom. The third-order valence-corrected chi connectivity index (χ3v) is 5.77. The summed E-state index contributed by atoms with van der Waals surface area (Å²) in [7, 11) is -3.66. The molecule has 2 rings (SSSR count). The molecule has 1 heterocycles. The molecule has 1 aromatic rings. The predicted octanol–water partition coefficient (Wildman–Crippen LogP) is 0.892. The van der Waals surface area contributed by atoms with Crippen LogP contribution in [0.2, 0.25) is 0 Å². The molecule has 0 radical (unpaired) electrons. The fraction of sp³-hybridized carbons (Fsp3) is 0.467. The third-order valence-electron chi connectivity index (χ3n) is 3.76. The van der Waals surface area contributed by atoms with Gasteiger partial charge in [-0.3, -0.25) is 4.79 Å². The van der Waals surface area contributed by atoms with Gasteiger partial charge < -0.3 is 10.5 Å². The maximum atomic E-state index is 12.7. The van der Waals surface area contributed by atoms with Crippen LogP contribution in [0.3, 0.4) is 0 Å². The van der Waals surface area contributed by atoms with E-state index in [2.05, 4.69) is 0 Å². The SMILES string of the molecule is C[C@@H]1CCCCN1S(=O)(=O)c1cccc(C(=O)OCC(N)=O)c1. The first-order valence-corrected chi connectivity index (χ1v) is 8.83. The zero-order valence-corrected chi connectivity index (χ0v) is 13.7. The van der Waals surface area contributed by atoms with Gasteiger partial charge in [0.2, 0.25) is 10.0 Å². The molecule has 2 N–H and O–H groups in total. The minimum Gasteiger partial charge on any atom is -0.452 e. The first kappa shape index (κ1) is 17.4. The number of nitrogens with zero attached hydrogens (tertiary/aromatic N) is 1. The largest absolute Gasteiger partial charge is 0.452 e.